The van der Waals surface area contributed by atoms with Crippen molar-refractivity contribution >= 4 is 41.3 Å². The van der Waals surface area contributed by atoms with Crippen LogP contribution >= 0.6 is 35.3 Å². The molecule has 1 fully saturated rings. The predicted octanol–water partition coefficient (Wildman–Crippen LogP) is 3.02. The van der Waals surface area contributed by atoms with Crippen LogP contribution in [0.4, 0.5) is 0 Å². The molecule has 1 aromatic rings. The Morgan fingerprint density at radius 1 is 1.56 bits per heavy atom. The summed E-state index contributed by atoms with van der Waals surface area (Å²) in [6.07, 6.45) is 1.98. The Labute approximate surface area is 123 Å². The molecule has 6 heteroatoms. The molecule has 3 nitrogen and oxygen atoms in total. The van der Waals surface area contributed by atoms with Crippen LogP contribution in [0, 0.1) is 5.92 Å². The predicted molar refractivity (Wildman–Crippen MR) is 78.9 cm³/mol. The first-order valence-electron chi connectivity index (χ1n) is 5.87. The van der Waals surface area contributed by atoms with Crippen molar-refractivity contribution < 1.29 is 4.79 Å². The molecule has 1 aromatic heterocycles. The molecule has 1 amide bonds. The monoisotopic (exact) mass is 308 g/mol. The van der Waals surface area contributed by atoms with Crippen LogP contribution in [0.15, 0.2) is 11.4 Å². The molecule has 1 aliphatic heterocycles. The fourth-order valence-electron chi connectivity index (χ4n) is 2.22. The molecule has 102 valence electrons. The molecule has 2 heterocycles. The van der Waals surface area contributed by atoms with Crippen LogP contribution in [0.25, 0.3) is 0 Å². The minimum atomic E-state index is 0. The third-order valence-electron chi connectivity index (χ3n) is 3.38. The van der Waals surface area contributed by atoms with E-state index < -0.39 is 0 Å². The zero-order chi connectivity index (χ0) is 12.4. The first-order valence-corrected chi connectivity index (χ1v) is 7.13. The van der Waals surface area contributed by atoms with Gasteiger partial charge >= 0.3 is 0 Å². The van der Waals surface area contributed by atoms with Crippen molar-refractivity contribution in [3.05, 3.63) is 21.3 Å². The molecule has 0 aromatic carbocycles. The molecule has 0 aliphatic carbocycles. The smallest absolute Gasteiger partial charge is 0.265 e. The van der Waals surface area contributed by atoms with E-state index in [1.54, 1.807) is 6.07 Å². The van der Waals surface area contributed by atoms with Crippen molar-refractivity contribution in [3.8, 4) is 0 Å². The van der Waals surface area contributed by atoms with Crippen LogP contribution < -0.4 is 5.73 Å². The summed E-state index contributed by atoms with van der Waals surface area (Å²) < 4.78 is 0. The van der Waals surface area contributed by atoms with Gasteiger partial charge in [-0.05, 0) is 37.1 Å². The lowest BCUT2D eigenvalue weighted by Gasteiger charge is -2.33. The molecule has 0 bridgehead atoms. The Morgan fingerprint density at radius 3 is 2.61 bits per heavy atom. The normalized spacial score (nSPS) is 18.3. The number of rotatable bonds is 2. The van der Waals surface area contributed by atoms with E-state index in [1.807, 2.05) is 17.2 Å². The number of hydrogen-bond acceptors (Lipinski definition) is 3. The molecular formula is C12H18Cl2N2OS. The van der Waals surface area contributed by atoms with E-state index in [1.165, 1.54) is 11.3 Å². The molecule has 1 unspecified atom stereocenters. The summed E-state index contributed by atoms with van der Waals surface area (Å²) in [6, 6.07) is 1.99. The van der Waals surface area contributed by atoms with Crippen molar-refractivity contribution in [2.45, 2.75) is 25.8 Å². The molecule has 1 aliphatic rings. The minimum absolute atomic E-state index is 0. The van der Waals surface area contributed by atoms with Gasteiger partial charge in [0.15, 0.2) is 0 Å². The van der Waals surface area contributed by atoms with Crippen LogP contribution in [0.1, 0.15) is 29.4 Å². The summed E-state index contributed by atoms with van der Waals surface area (Å²) in [6.45, 7) is 3.62. The average molecular weight is 309 g/mol. The Morgan fingerprint density at radius 2 is 2.17 bits per heavy atom. The summed E-state index contributed by atoms with van der Waals surface area (Å²) in [7, 11) is 0. The van der Waals surface area contributed by atoms with Crippen LogP contribution in [0.5, 0.6) is 0 Å². The van der Waals surface area contributed by atoms with Gasteiger partial charge in [0.25, 0.3) is 5.91 Å². The zero-order valence-electron chi connectivity index (χ0n) is 10.3. The van der Waals surface area contributed by atoms with Gasteiger partial charge in [-0.25, -0.2) is 0 Å². The van der Waals surface area contributed by atoms with E-state index in [0.717, 1.165) is 25.9 Å². The van der Waals surface area contributed by atoms with E-state index in [-0.39, 0.29) is 24.4 Å². The number of likely N-dealkylation sites (tertiary alicyclic amines) is 1. The Balaban J connectivity index is 0.00000162. The first-order chi connectivity index (χ1) is 8.09. The van der Waals surface area contributed by atoms with Crippen molar-refractivity contribution in [2.24, 2.45) is 11.7 Å². The summed E-state index contributed by atoms with van der Waals surface area (Å²) in [5, 5.41) is 2.42. The molecule has 2 rings (SSSR count). The molecule has 0 saturated carbocycles. The second-order valence-corrected chi connectivity index (χ2v) is 5.91. The Kier molecular flexibility index (Phi) is 5.92. The van der Waals surface area contributed by atoms with Gasteiger partial charge in [0, 0.05) is 19.1 Å². The zero-order valence-corrected chi connectivity index (χ0v) is 12.7. The van der Waals surface area contributed by atoms with Gasteiger partial charge in [0.05, 0.1) is 5.02 Å². The lowest BCUT2D eigenvalue weighted by molar-refractivity contribution is 0.0686. The molecule has 1 saturated heterocycles. The minimum Gasteiger partial charge on any atom is -0.338 e. The summed E-state index contributed by atoms with van der Waals surface area (Å²) in [4.78, 5) is 14.7. The number of thiophene rings is 1. The maximum Gasteiger partial charge on any atom is 0.265 e. The van der Waals surface area contributed by atoms with Crippen LogP contribution in [0.2, 0.25) is 5.02 Å². The van der Waals surface area contributed by atoms with E-state index in [9.17, 15) is 4.79 Å². The second-order valence-electron chi connectivity index (χ2n) is 4.59. The molecule has 0 radical (unpaired) electrons. The maximum absolute atomic E-state index is 12.2. The van der Waals surface area contributed by atoms with Crippen molar-refractivity contribution in [1.82, 2.24) is 4.90 Å². The largest absolute Gasteiger partial charge is 0.338 e. The highest BCUT2D eigenvalue weighted by Crippen LogP contribution is 2.26. The van der Waals surface area contributed by atoms with Crippen molar-refractivity contribution in [3.63, 3.8) is 0 Å². The highest BCUT2D eigenvalue weighted by Gasteiger charge is 2.26. The number of halogens is 2. The van der Waals surface area contributed by atoms with E-state index in [4.69, 9.17) is 17.3 Å². The van der Waals surface area contributed by atoms with Crippen LogP contribution in [0.3, 0.4) is 0 Å². The van der Waals surface area contributed by atoms with Gasteiger partial charge in [-0.2, -0.15) is 0 Å². The quantitative estimate of drug-likeness (QED) is 0.913. The maximum atomic E-state index is 12.2. The lowest BCUT2D eigenvalue weighted by atomic mass is 9.91. The topological polar surface area (TPSA) is 46.3 Å². The second kappa shape index (κ2) is 6.75. The van der Waals surface area contributed by atoms with Crippen LogP contribution in [-0.4, -0.2) is 29.9 Å². The van der Waals surface area contributed by atoms with Gasteiger partial charge in [-0.3, -0.25) is 4.79 Å². The molecule has 18 heavy (non-hydrogen) atoms. The third kappa shape index (κ3) is 3.38. The number of hydrogen-bond donors (Lipinski definition) is 1. The third-order valence-corrected chi connectivity index (χ3v) is 4.71. The van der Waals surface area contributed by atoms with Crippen molar-refractivity contribution in [1.29, 1.82) is 0 Å². The average Bonchev–Trinajstić information content (AvgIpc) is 2.74. The van der Waals surface area contributed by atoms with E-state index >= 15 is 0 Å². The summed E-state index contributed by atoms with van der Waals surface area (Å²) >= 11 is 7.39. The van der Waals surface area contributed by atoms with Gasteiger partial charge in [-0.15, -0.1) is 23.7 Å². The van der Waals surface area contributed by atoms with Gasteiger partial charge in [0.2, 0.25) is 0 Å². The van der Waals surface area contributed by atoms with E-state index in [2.05, 4.69) is 0 Å². The number of nitrogens with two attached hydrogens (primary N) is 1. The Bertz CT molecular complexity index is 401. The highest BCUT2D eigenvalue weighted by molar-refractivity contribution is 7.12. The number of carbonyl (C=O) groups is 1. The number of amides is 1. The summed E-state index contributed by atoms with van der Waals surface area (Å²) in [5.74, 6) is 0.603. The first kappa shape index (κ1) is 15.8. The fraction of sp³-hybridized carbons (Fsp3) is 0.583. The number of carbonyl (C=O) groups excluding carboxylic acids is 1. The molecule has 2 N–H and O–H groups in total. The Hall–Kier alpha value is -0.290. The molecule has 0 spiro atoms. The summed E-state index contributed by atoms with van der Waals surface area (Å²) in [5.41, 5.74) is 5.88. The van der Waals surface area contributed by atoms with Gasteiger partial charge in [0.1, 0.15) is 4.88 Å². The SMILES string of the molecule is CC(N)C1CCN(C(=O)c2sccc2Cl)CC1.Cl. The molecular weight excluding hydrogens is 291 g/mol. The fourth-order valence-corrected chi connectivity index (χ4v) is 3.32. The number of piperidine rings is 1. The lowest BCUT2D eigenvalue weighted by Crippen LogP contribution is -2.42. The standard InChI is InChI=1S/C12H17ClN2OS.ClH/c1-8(14)9-2-5-15(6-3-9)12(16)11-10(13)4-7-17-11;/h4,7-9H,2-3,5-6,14H2,1H3;1H. The van der Waals surface area contributed by atoms with Crippen molar-refractivity contribution in [2.75, 3.05) is 13.1 Å². The van der Waals surface area contributed by atoms with Gasteiger partial charge < -0.3 is 10.6 Å². The van der Waals surface area contributed by atoms with Gasteiger partial charge in [-0.1, -0.05) is 11.6 Å². The number of nitrogens with zero attached hydrogens (tertiary/aromatic N) is 1. The van der Waals surface area contributed by atoms with Crippen LogP contribution in [-0.2, 0) is 0 Å². The van der Waals surface area contributed by atoms with E-state index in [0.29, 0.717) is 15.8 Å². The molecule has 1 atom stereocenters. The highest BCUT2D eigenvalue weighted by atomic mass is 35.5.